The number of hydrogen-bond acceptors (Lipinski definition) is 3. The van der Waals surface area contributed by atoms with Crippen LogP contribution in [0.2, 0.25) is 0 Å². The van der Waals surface area contributed by atoms with Crippen LogP contribution in [0.15, 0.2) is 72.9 Å². The molecule has 0 spiro atoms. The molecule has 126 valence electrons. The summed E-state index contributed by atoms with van der Waals surface area (Å²) >= 11 is 0. The quantitative estimate of drug-likeness (QED) is 0.762. The smallest absolute Gasteiger partial charge is 0.119 e. The first-order valence-corrected chi connectivity index (χ1v) is 8.88. The summed E-state index contributed by atoms with van der Waals surface area (Å²) in [5.74, 6) is 0.949. The monoisotopic (exact) mass is 330 g/mol. The van der Waals surface area contributed by atoms with E-state index in [1.807, 2.05) is 24.4 Å². The van der Waals surface area contributed by atoms with Gasteiger partial charge in [0.15, 0.2) is 0 Å². The third-order valence-electron chi connectivity index (χ3n) is 4.61. The fraction of sp³-hybridized carbons (Fsp3) is 0.227. The van der Waals surface area contributed by atoms with Crippen LogP contribution in [0.3, 0.4) is 0 Å². The normalized spacial score (nSPS) is 15.0. The van der Waals surface area contributed by atoms with Gasteiger partial charge >= 0.3 is 0 Å². The molecule has 0 atom stereocenters. The molecule has 0 unspecified atom stereocenters. The lowest BCUT2D eigenvalue weighted by molar-refractivity contribution is 0.162. The molecule has 0 bridgehead atoms. The number of pyridine rings is 1. The summed E-state index contributed by atoms with van der Waals surface area (Å²) in [7, 11) is 0. The van der Waals surface area contributed by atoms with Crippen molar-refractivity contribution in [2.24, 2.45) is 0 Å². The van der Waals surface area contributed by atoms with Crippen molar-refractivity contribution in [2.45, 2.75) is 18.9 Å². The van der Waals surface area contributed by atoms with Gasteiger partial charge in [-0.25, -0.2) is 0 Å². The molecule has 1 aromatic heterocycles. The average Bonchev–Trinajstić information content (AvgIpc) is 2.70. The lowest BCUT2D eigenvalue weighted by atomic mass is 10.1. The van der Waals surface area contributed by atoms with Gasteiger partial charge in [0.05, 0.1) is 5.69 Å². The molecular formula is C22H22N2O. The first-order valence-electron chi connectivity index (χ1n) is 8.88. The van der Waals surface area contributed by atoms with E-state index in [1.54, 1.807) is 0 Å². The first kappa shape index (κ1) is 15.9. The first-order chi connectivity index (χ1) is 12.4. The minimum absolute atomic E-state index is 0.332. The van der Waals surface area contributed by atoms with E-state index >= 15 is 0 Å². The number of aromatic nitrogens is 1. The molecule has 0 radical (unpaired) electrons. The summed E-state index contributed by atoms with van der Waals surface area (Å²) in [5, 5.41) is 3.36. The number of nitrogens with zero attached hydrogens (tertiary/aromatic N) is 1. The van der Waals surface area contributed by atoms with Crippen LogP contribution in [0.1, 0.15) is 12.8 Å². The van der Waals surface area contributed by atoms with Crippen LogP contribution in [0, 0.1) is 0 Å². The van der Waals surface area contributed by atoms with Crippen molar-refractivity contribution in [1.82, 2.24) is 10.3 Å². The van der Waals surface area contributed by atoms with Crippen LogP contribution in [0.25, 0.3) is 22.4 Å². The highest BCUT2D eigenvalue weighted by Crippen LogP contribution is 2.25. The van der Waals surface area contributed by atoms with Crippen molar-refractivity contribution in [3.8, 4) is 28.1 Å². The number of piperidine rings is 1. The predicted octanol–water partition coefficient (Wildman–Crippen LogP) is 4.55. The molecule has 3 aromatic rings. The molecule has 0 amide bonds. The highest BCUT2D eigenvalue weighted by molar-refractivity contribution is 5.67. The Morgan fingerprint density at radius 2 is 1.48 bits per heavy atom. The van der Waals surface area contributed by atoms with Crippen molar-refractivity contribution >= 4 is 0 Å². The molecule has 4 rings (SSSR count). The second-order valence-corrected chi connectivity index (χ2v) is 6.39. The van der Waals surface area contributed by atoms with Crippen LogP contribution in [0.4, 0.5) is 0 Å². The highest BCUT2D eigenvalue weighted by Gasteiger charge is 2.14. The van der Waals surface area contributed by atoms with E-state index in [4.69, 9.17) is 4.74 Å². The van der Waals surface area contributed by atoms with Gasteiger partial charge in [-0.1, -0.05) is 48.5 Å². The molecule has 1 saturated heterocycles. The van der Waals surface area contributed by atoms with Crippen molar-refractivity contribution in [3.63, 3.8) is 0 Å². The fourth-order valence-electron chi connectivity index (χ4n) is 3.18. The van der Waals surface area contributed by atoms with Crippen LogP contribution in [-0.4, -0.2) is 24.2 Å². The van der Waals surface area contributed by atoms with Gasteiger partial charge in [0.1, 0.15) is 11.9 Å². The van der Waals surface area contributed by atoms with Gasteiger partial charge in [-0.15, -0.1) is 0 Å². The van der Waals surface area contributed by atoms with Crippen LogP contribution < -0.4 is 10.1 Å². The maximum Gasteiger partial charge on any atom is 0.119 e. The molecule has 1 aliphatic heterocycles. The van der Waals surface area contributed by atoms with E-state index in [0.29, 0.717) is 6.10 Å². The maximum atomic E-state index is 6.07. The number of nitrogens with one attached hydrogen (secondary N) is 1. The Morgan fingerprint density at radius 3 is 2.16 bits per heavy atom. The largest absolute Gasteiger partial charge is 0.490 e. The van der Waals surface area contributed by atoms with E-state index in [9.17, 15) is 0 Å². The van der Waals surface area contributed by atoms with Crippen LogP contribution in [0.5, 0.6) is 5.75 Å². The molecule has 1 fully saturated rings. The van der Waals surface area contributed by atoms with Gasteiger partial charge in [-0.05, 0) is 49.7 Å². The van der Waals surface area contributed by atoms with Gasteiger partial charge in [0, 0.05) is 17.3 Å². The lowest BCUT2D eigenvalue weighted by Crippen LogP contribution is -2.34. The van der Waals surface area contributed by atoms with E-state index in [0.717, 1.165) is 54.1 Å². The molecule has 0 saturated carbocycles. The summed E-state index contributed by atoms with van der Waals surface area (Å²) in [4.78, 5) is 4.60. The van der Waals surface area contributed by atoms with E-state index < -0.39 is 0 Å². The van der Waals surface area contributed by atoms with Gasteiger partial charge in [-0.2, -0.15) is 0 Å². The van der Waals surface area contributed by atoms with Crippen molar-refractivity contribution < 1.29 is 4.74 Å². The maximum absolute atomic E-state index is 6.07. The van der Waals surface area contributed by atoms with Gasteiger partial charge in [-0.3, -0.25) is 4.98 Å². The van der Waals surface area contributed by atoms with Crippen molar-refractivity contribution in [3.05, 3.63) is 72.9 Å². The predicted molar refractivity (Wildman–Crippen MR) is 102 cm³/mol. The number of hydrogen-bond donors (Lipinski definition) is 1. The summed E-state index contributed by atoms with van der Waals surface area (Å²) < 4.78 is 6.07. The minimum atomic E-state index is 0.332. The molecule has 1 N–H and O–H groups in total. The third kappa shape index (κ3) is 3.89. The zero-order valence-electron chi connectivity index (χ0n) is 14.2. The lowest BCUT2D eigenvalue weighted by Gasteiger charge is -2.23. The number of benzene rings is 2. The summed E-state index contributed by atoms with van der Waals surface area (Å²) in [6.07, 6.45) is 4.42. The number of ether oxygens (including phenoxy) is 1. The molecule has 3 heteroatoms. The molecule has 0 aliphatic carbocycles. The Hall–Kier alpha value is -2.65. The van der Waals surface area contributed by atoms with Crippen LogP contribution in [-0.2, 0) is 0 Å². The van der Waals surface area contributed by atoms with Gasteiger partial charge < -0.3 is 10.1 Å². The number of rotatable bonds is 4. The highest BCUT2D eigenvalue weighted by atomic mass is 16.5. The van der Waals surface area contributed by atoms with E-state index in [2.05, 4.69) is 58.8 Å². The van der Waals surface area contributed by atoms with E-state index in [-0.39, 0.29) is 0 Å². The van der Waals surface area contributed by atoms with Crippen LogP contribution >= 0.6 is 0 Å². The molecule has 2 aromatic carbocycles. The molecule has 2 heterocycles. The Balaban J connectivity index is 1.46. The van der Waals surface area contributed by atoms with E-state index in [1.165, 1.54) is 0 Å². The zero-order valence-corrected chi connectivity index (χ0v) is 14.2. The zero-order chi connectivity index (χ0) is 16.9. The minimum Gasteiger partial charge on any atom is -0.490 e. The summed E-state index contributed by atoms with van der Waals surface area (Å²) in [5.41, 5.74) is 4.41. The second-order valence-electron chi connectivity index (χ2n) is 6.39. The topological polar surface area (TPSA) is 34.1 Å². The standard InChI is InChI=1S/C22H22N2O/c1-2-4-18(5-3-1)22-11-8-19(16-24-22)17-6-9-20(10-7-17)25-21-12-14-23-15-13-21/h1-11,16,21,23H,12-15H2. The van der Waals surface area contributed by atoms with Crippen molar-refractivity contribution in [2.75, 3.05) is 13.1 Å². The summed E-state index contributed by atoms with van der Waals surface area (Å²) in [6, 6.07) is 22.8. The van der Waals surface area contributed by atoms with Crippen molar-refractivity contribution in [1.29, 1.82) is 0 Å². The molecule has 1 aliphatic rings. The Kier molecular flexibility index (Phi) is 4.75. The Labute approximate surface area is 148 Å². The molecular weight excluding hydrogens is 308 g/mol. The second kappa shape index (κ2) is 7.49. The SMILES string of the molecule is c1ccc(-c2ccc(-c3ccc(OC4CCNCC4)cc3)cn2)cc1. The molecule has 25 heavy (non-hydrogen) atoms. The van der Waals surface area contributed by atoms with Gasteiger partial charge in [0.2, 0.25) is 0 Å². The summed E-state index contributed by atoms with van der Waals surface area (Å²) in [6.45, 7) is 2.09. The third-order valence-corrected chi connectivity index (χ3v) is 4.61. The van der Waals surface area contributed by atoms with Gasteiger partial charge in [0.25, 0.3) is 0 Å². The Bertz CT molecular complexity index is 792. The molecule has 3 nitrogen and oxygen atoms in total. The average molecular weight is 330 g/mol. The Morgan fingerprint density at radius 1 is 0.760 bits per heavy atom. The fourth-order valence-corrected chi connectivity index (χ4v) is 3.18.